The Balaban J connectivity index is 3.18. The summed E-state index contributed by atoms with van der Waals surface area (Å²) < 4.78 is 137. The summed E-state index contributed by atoms with van der Waals surface area (Å²) in [5, 5.41) is -3.07. The van der Waals surface area contributed by atoms with Gasteiger partial charge in [-0.15, -0.1) is 0 Å². The van der Waals surface area contributed by atoms with Crippen molar-refractivity contribution < 1.29 is 26.3 Å². The second kappa shape index (κ2) is 8.17. The number of H-pyrrole nitrogens is 1. The first-order chi connectivity index (χ1) is 17.8. The molecule has 158 valence electrons. The van der Waals surface area contributed by atoms with Gasteiger partial charge in [0.2, 0.25) is 10.0 Å². The lowest BCUT2D eigenvalue weighted by Gasteiger charge is -2.30. The SMILES string of the molecule is [2H]c1c(C([2H])(C)S(=O)(=O)N(C)C([2H])(C)C)c(C)c([2H])c2c1c(C(C)(C)C([2H])([2H])N(C([2H])([2H])[2H])C([2H])([2H])C)c([2H])n2[2H]. The molecule has 6 heteroatoms. The summed E-state index contributed by atoms with van der Waals surface area (Å²) >= 11 is 0. The van der Waals surface area contributed by atoms with E-state index in [-0.39, 0.29) is 16.0 Å². The van der Waals surface area contributed by atoms with Crippen LogP contribution in [0.25, 0.3) is 10.9 Å². The molecule has 0 bridgehead atoms. The Morgan fingerprint density at radius 1 is 1.39 bits per heavy atom. The van der Waals surface area contributed by atoms with E-state index in [0.29, 0.717) is 9.28 Å². The van der Waals surface area contributed by atoms with Gasteiger partial charge in [-0.3, -0.25) is 0 Å². The van der Waals surface area contributed by atoms with Gasteiger partial charge in [0.1, 0.15) is 0 Å². The summed E-state index contributed by atoms with van der Waals surface area (Å²) in [6.45, 7) is -1.16. The summed E-state index contributed by atoms with van der Waals surface area (Å²) in [5.41, 5.74) is -3.60. The third-order valence-corrected chi connectivity index (χ3v) is 6.73. The van der Waals surface area contributed by atoms with E-state index in [0.717, 1.165) is 20.9 Å². The zero-order valence-electron chi connectivity index (χ0n) is 30.6. The molecule has 1 unspecified atom stereocenters. The number of fused-ring (bicyclic) bond motifs is 1. The predicted molar refractivity (Wildman–Crippen MR) is 119 cm³/mol. The van der Waals surface area contributed by atoms with E-state index < -0.39 is 81.4 Å². The maximum atomic E-state index is 13.6. The van der Waals surface area contributed by atoms with Crippen molar-refractivity contribution in [1.82, 2.24) is 14.2 Å². The molecule has 2 aromatic rings. The van der Waals surface area contributed by atoms with Crippen LogP contribution in [-0.4, -0.2) is 55.6 Å². The molecule has 1 atom stereocenters. The molecule has 28 heavy (non-hydrogen) atoms. The number of benzene rings is 1. The van der Waals surface area contributed by atoms with E-state index in [2.05, 4.69) is 0 Å². The molecule has 0 saturated heterocycles. The molecule has 0 fully saturated rings. The van der Waals surface area contributed by atoms with Crippen LogP contribution < -0.4 is 0 Å². The average Bonchev–Trinajstić information content (AvgIpc) is 2.99. The Morgan fingerprint density at radius 2 is 2.04 bits per heavy atom. The first kappa shape index (κ1) is 10.6. The van der Waals surface area contributed by atoms with Gasteiger partial charge in [-0.2, -0.15) is 0 Å². The smallest absolute Gasteiger partial charge is 0.220 e. The summed E-state index contributed by atoms with van der Waals surface area (Å²) in [4.78, 5) is 0.471. The number of hydrogen-bond donors (Lipinski definition) is 1. The van der Waals surface area contributed by atoms with Crippen LogP contribution in [0.1, 0.15) is 79.9 Å². The Bertz CT molecular complexity index is 1450. The third-order valence-electron chi connectivity index (χ3n) is 4.67. The van der Waals surface area contributed by atoms with Gasteiger partial charge in [-0.25, -0.2) is 12.7 Å². The standard InChI is InChI=1S/C22H37N3O2S/c1-10-24(8)14-22(6,7)20-13-23-21-11-16(4)18(12-19(20)21)17(5)28(26,27)25(9)15(2)3/h11-13,15,17,23H,10,14H2,1-9H3/i8D3,10D2,11D,12D,13D,14D2,15D,17D/hD. The molecule has 0 radical (unpaired) electrons. The zero-order chi connectivity index (χ0) is 32.9. The van der Waals surface area contributed by atoms with Gasteiger partial charge >= 0.3 is 0 Å². The molecule has 0 aliphatic carbocycles. The fourth-order valence-corrected chi connectivity index (χ4v) is 4.14. The number of nitrogens with zero attached hydrogens (tertiary/aromatic N) is 2. The topological polar surface area (TPSA) is 56.4 Å². The minimum atomic E-state index is -4.71. The van der Waals surface area contributed by atoms with Crippen LogP contribution in [-0.2, 0) is 15.4 Å². The highest BCUT2D eigenvalue weighted by Crippen LogP contribution is 2.36. The normalized spacial score (nSPS) is 24.3. The van der Waals surface area contributed by atoms with Crippen molar-refractivity contribution >= 4 is 20.9 Å². The fourth-order valence-electron chi connectivity index (χ4n) is 2.78. The van der Waals surface area contributed by atoms with E-state index in [1.54, 1.807) is 0 Å². The van der Waals surface area contributed by atoms with Crippen molar-refractivity contribution in [2.75, 3.05) is 27.0 Å². The first-order valence-electron chi connectivity index (χ1n) is 15.2. The molecule has 0 aliphatic rings. The molecule has 5 nitrogen and oxygen atoms in total. The van der Waals surface area contributed by atoms with E-state index >= 15 is 0 Å². The summed E-state index contributed by atoms with van der Waals surface area (Å²) in [6, 6.07) is -2.90. The molecule has 1 aromatic carbocycles. The van der Waals surface area contributed by atoms with E-state index in [4.69, 9.17) is 17.9 Å². The molecule has 0 aliphatic heterocycles. The molecule has 0 amide bonds. The molecule has 1 N–H and O–H groups in total. The summed E-state index contributed by atoms with van der Waals surface area (Å²) in [7, 11) is -3.61. The van der Waals surface area contributed by atoms with E-state index in [1.807, 2.05) is 0 Å². The van der Waals surface area contributed by atoms with Crippen LogP contribution in [0.5, 0.6) is 0 Å². The fraction of sp³-hybridized carbons (Fsp3) is 0.636. The van der Waals surface area contributed by atoms with Crippen LogP contribution in [0.3, 0.4) is 0 Å². The van der Waals surface area contributed by atoms with E-state index in [9.17, 15) is 8.42 Å². The Morgan fingerprint density at radius 3 is 2.57 bits per heavy atom. The lowest BCUT2D eigenvalue weighted by Crippen LogP contribution is -2.36. The largest absolute Gasteiger partial charge is 0.361 e. The lowest BCUT2D eigenvalue weighted by molar-refractivity contribution is 0.281. The number of aromatic amines is 1. The van der Waals surface area contributed by atoms with Crippen molar-refractivity contribution in [2.45, 2.75) is 65.1 Å². The summed E-state index contributed by atoms with van der Waals surface area (Å²) in [5.74, 6) is 0. The highest BCUT2D eigenvalue weighted by molar-refractivity contribution is 7.89. The number of likely N-dealkylation sites (N-methyl/N-ethyl adjacent to an activating group) is 1. The van der Waals surface area contributed by atoms with Gasteiger partial charge in [0.15, 0.2) is 1.41 Å². The van der Waals surface area contributed by atoms with Crippen molar-refractivity contribution in [3.8, 4) is 0 Å². The van der Waals surface area contributed by atoms with Crippen LogP contribution in [0.2, 0.25) is 1.41 Å². The summed E-state index contributed by atoms with van der Waals surface area (Å²) in [6.07, 6.45) is -0.728. The molecule has 1 heterocycles. The third kappa shape index (κ3) is 4.29. The van der Waals surface area contributed by atoms with Gasteiger partial charge in [-0.05, 0) is 69.9 Å². The van der Waals surface area contributed by atoms with Gasteiger partial charge in [0.05, 0.1) is 10.7 Å². The molecule has 1 aromatic heterocycles. The molecule has 0 saturated carbocycles. The van der Waals surface area contributed by atoms with Crippen molar-refractivity contribution in [1.29, 1.82) is 0 Å². The van der Waals surface area contributed by atoms with Gasteiger partial charge in [0.25, 0.3) is 0 Å². The Hall–Kier alpha value is -1.37. The number of hydrogen-bond acceptors (Lipinski definition) is 3. The van der Waals surface area contributed by atoms with Crippen LogP contribution in [0, 0.1) is 6.92 Å². The molecular formula is C22H37N3O2S. The number of aromatic nitrogens is 1. The quantitative estimate of drug-likeness (QED) is 0.687. The second-order valence-electron chi connectivity index (χ2n) is 7.34. The zero-order valence-corrected chi connectivity index (χ0v) is 18.4. The molecule has 2 rings (SSSR count). The maximum absolute atomic E-state index is 13.6. The van der Waals surface area contributed by atoms with Gasteiger partial charge in [-0.1, -0.05) is 20.8 Å². The Labute approximate surface area is 189 Å². The van der Waals surface area contributed by atoms with Gasteiger partial charge < -0.3 is 9.88 Å². The van der Waals surface area contributed by atoms with E-state index in [1.165, 1.54) is 34.6 Å². The predicted octanol–water partition coefficient (Wildman–Crippen LogP) is 4.44. The monoisotopic (exact) mass is 420 g/mol. The van der Waals surface area contributed by atoms with Crippen molar-refractivity contribution in [3.63, 3.8) is 0 Å². The van der Waals surface area contributed by atoms with Crippen LogP contribution in [0.15, 0.2) is 18.3 Å². The molecular weight excluding hydrogens is 370 g/mol. The van der Waals surface area contributed by atoms with Gasteiger partial charge in [0, 0.05) is 53.0 Å². The minimum Gasteiger partial charge on any atom is -0.361 e. The van der Waals surface area contributed by atoms with Crippen LogP contribution >= 0.6 is 0 Å². The maximum Gasteiger partial charge on any atom is 0.220 e. The lowest BCUT2D eigenvalue weighted by atomic mass is 9.83. The first-order valence-corrected chi connectivity index (χ1v) is 10.2. The average molecular weight is 421 g/mol. The van der Waals surface area contributed by atoms with Crippen LogP contribution in [0.4, 0.5) is 0 Å². The number of sulfonamides is 1. The molecule has 0 spiro atoms. The highest BCUT2D eigenvalue weighted by Gasteiger charge is 2.31. The highest BCUT2D eigenvalue weighted by atomic mass is 32.2. The minimum absolute atomic E-state index is 0.0181. The van der Waals surface area contributed by atoms with Crippen molar-refractivity contribution in [3.05, 3.63) is 34.9 Å². The Kier molecular flexibility index (Phi) is 3.09. The second-order valence-corrected chi connectivity index (χ2v) is 9.45. The number of nitrogens with one attached hydrogen (secondary N) is 1. The van der Waals surface area contributed by atoms with Crippen molar-refractivity contribution in [2.24, 2.45) is 0 Å². The number of rotatable bonds is 8.